The largest absolute Gasteiger partial charge is 0.394 e. The van der Waals surface area contributed by atoms with Crippen molar-refractivity contribution in [1.29, 1.82) is 0 Å². The average molecular weight is 262 g/mol. The van der Waals surface area contributed by atoms with Gasteiger partial charge in [0.25, 0.3) is 0 Å². The van der Waals surface area contributed by atoms with Gasteiger partial charge in [-0.15, -0.1) is 0 Å². The minimum Gasteiger partial charge on any atom is -0.394 e. The maximum Gasteiger partial charge on any atom is 0.123 e. The second-order valence-corrected chi connectivity index (χ2v) is 3.81. The summed E-state index contributed by atoms with van der Waals surface area (Å²) >= 11 is 3.32. The average Bonchev–Trinajstić information content (AvgIpc) is 2.18. The summed E-state index contributed by atoms with van der Waals surface area (Å²) in [5.41, 5.74) is 0.745. The third-order valence-electron chi connectivity index (χ3n) is 1.97. The van der Waals surface area contributed by atoms with Crippen LogP contribution in [0.2, 0.25) is 0 Å². The Balaban J connectivity index is 2.96. The van der Waals surface area contributed by atoms with Crippen molar-refractivity contribution < 1.29 is 9.50 Å². The van der Waals surface area contributed by atoms with Gasteiger partial charge in [-0.2, -0.15) is 0 Å². The number of hydrogen-bond acceptors (Lipinski definition) is 2. The lowest BCUT2D eigenvalue weighted by Gasteiger charge is -2.16. The van der Waals surface area contributed by atoms with Gasteiger partial charge in [-0.1, -0.05) is 22.9 Å². The van der Waals surface area contributed by atoms with Crippen molar-refractivity contribution in [3.63, 3.8) is 0 Å². The van der Waals surface area contributed by atoms with Crippen molar-refractivity contribution in [2.45, 2.75) is 13.0 Å². The van der Waals surface area contributed by atoms with Crippen molar-refractivity contribution >= 4 is 15.9 Å². The molecule has 0 aliphatic rings. The minimum atomic E-state index is -0.292. The second kappa shape index (κ2) is 5.44. The van der Waals surface area contributed by atoms with Gasteiger partial charge in [0.15, 0.2) is 0 Å². The summed E-state index contributed by atoms with van der Waals surface area (Å²) in [6.45, 7) is 2.62. The van der Waals surface area contributed by atoms with E-state index in [2.05, 4.69) is 21.2 Å². The van der Waals surface area contributed by atoms with E-state index in [9.17, 15) is 4.39 Å². The molecule has 0 heterocycles. The van der Waals surface area contributed by atoms with E-state index in [1.165, 1.54) is 12.1 Å². The number of rotatable bonds is 4. The molecular weight excluding hydrogens is 249 g/mol. The molecular formula is C10H13BrFNO. The molecule has 1 rings (SSSR count). The molecule has 0 aliphatic heterocycles. The Bertz CT molecular complexity index is 306. The highest BCUT2D eigenvalue weighted by molar-refractivity contribution is 9.10. The minimum absolute atomic E-state index is 0.0457. The van der Waals surface area contributed by atoms with E-state index in [-0.39, 0.29) is 18.5 Å². The highest BCUT2D eigenvalue weighted by Crippen LogP contribution is 2.24. The summed E-state index contributed by atoms with van der Waals surface area (Å²) in [4.78, 5) is 0. The van der Waals surface area contributed by atoms with Crippen molar-refractivity contribution in [2.75, 3.05) is 13.2 Å². The molecule has 1 unspecified atom stereocenters. The molecule has 14 heavy (non-hydrogen) atoms. The molecule has 1 aromatic rings. The molecule has 0 saturated heterocycles. The number of aliphatic hydroxyl groups excluding tert-OH is 1. The van der Waals surface area contributed by atoms with Gasteiger partial charge in [0.1, 0.15) is 5.82 Å². The van der Waals surface area contributed by atoms with Crippen molar-refractivity contribution in [2.24, 2.45) is 0 Å². The van der Waals surface area contributed by atoms with Crippen LogP contribution < -0.4 is 5.32 Å². The fraction of sp³-hybridized carbons (Fsp3) is 0.400. The first-order valence-electron chi connectivity index (χ1n) is 4.48. The molecule has 0 bridgehead atoms. The zero-order chi connectivity index (χ0) is 10.6. The van der Waals surface area contributed by atoms with Crippen LogP contribution in [0.5, 0.6) is 0 Å². The fourth-order valence-electron chi connectivity index (χ4n) is 1.30. The summed E-state index contributed by atoms with van der Waals surface area (Å²) < 4.78 is 13.8. The lowest BCUT2D eigenvalue weighted by atomic mass is 10.1. The fourth-order valence-corrected chi connectivity index (χ4v) is 1.82. The third kappa shape index (κ3) is 2.77. The number of likely N-dealkylation sites (N-methyl/N-ethyl adjacent to an activating group) is 1. The lowest BCUT2D eigenvalue weighted by Crippen LogP contribution is -2.24. The first-order chi connectivity index (χ1) is 6.69. The van der Waals surface area contributed by atoms with Crippen LogP contribution in [-0.4, -0.2) is 18.3 Å². The maximum absolute atomic E-state index is 13.0. The van der Waals surface area contributed by atoms with Gasteiger partial charge >= 0.3 is 0 Å². The summed E-state index contributed by atoms with van der Waals surface area (Å²) in [5.74, 6) is -0.292. The second-order valence-electron chi connectivity index (χ2n) is 2.96. The molecule has 1 atom stereocenters. The third-order valence-corrected chi connectivity index (χ3v) is 2.69. The highest BCUT2D eigenvalue weighted by atomic mass is 79.9. The first-order valence-corrected chi connectivity index (χ1v) is 5.27. The van der Waals surface area contributed by atoms with Crippen molar-refractivity contribution in [1.82, 2.24) is 5.32 Å². The van der Waals surface area contributed by atoms with Gasteiger partial charge in [0, 0.05) is 4.47 Å². The van der Waals surface area contributed by atoms with E-state index >= 15 is 0 Å². The Morgan fingerprint density at radius 2 is 2.29 bits per heavy atom. The molecule has 0 amide bonds. The molecule has 2 N–H and O–H groups in total. The molecule has 78 valence electrons. The Hall–Kier alpha value is -0.450. The maximum atomic E-state index is 13.0. The van der Waals surface area contributed by atoms with Crippen LogP contribution in [-0.2, 0) is 0 Å². The van der Waals surface area contributed by atoms with Gasteiger partial charge in [-0.05, 0) is 30.3 Å². The SMILES string of the molecule is CCNC(CO)c1cc(F)ccc1Br. The van der Waals surface area contributed by atoms with Crippen molar-refractivity contribution in [3.05, 3.63) is 34.1 Å². The quantitative estimate of drug-likeness (QED) is 0.872. The van der Waals surface area contributed by atoms with E-state index in [0.717, 1.165) is 16.6 Å². The molecule has 4 heteroatoms. The van der Waals surface area contributed by atoms with Crippen LogP contribution in [0.25, 0.3) is 0 Å². The summed E-state index contributed by atoms with van der Waals surface area (Å²) in [6, 6.07) is 4.23. The summed E-state index contributed by atoms with van der Waals surface area (Å²) in [7, 11) is 0. The molecule has 0 saturated carbocycles. The zero-order valence-electron chi connectivity index (χ0n) is 7.93. The van der Waals surface area contributed by atoms with Crippen LogP contribution in [0.15, 0.2) is 22.7 Å². The number of hydrogen-bond donors (Lipinski definition) is 2. The first kappa shape index (κ1) is 11.6. The van der Waals surface area contributed by atoms with E-state index in [1.54, 1.807) is 6.07 Å². The van der Waals surface area contributed by atoms with Gasteiger partial charge in [-0.3, -0.25) is 0 Å². The van der Waals surface area contributed by atoms with Crippen LogP contribution in [0.1, 0.15) is 18.5 Å². The Labute approximate surface area is 91.3 Å². The number of benzene rings is 1. The molecule has 2 nitrogen and oxygen atoms in total. The Morgan fingerprint density at radius 1 is 1.57 bits per heavy atom. The van der Waals surface area contributed by atoms with Gasteiger partial charge in [-0.25, -0.2) is 4.39 Å². The van der Waals surface area contributed by atoms with Crippen LogP contribution >= 0.6 is 15.9 Å². The Kier molecular flexibility index (Phi) is 4.51. The monoisotopic (exact) mass is 261 g/mol. The lowest BCUT2D eigenvalue weighted by molar-refractivity contribution is 0.245. The van der Waals surface area contributed by atoms with Crippen LogP contribution in [0.3, 0.4) is 0 Å². The van der Waals surface area contributed by atoms with Gasteiger partial charge in [0.2, 0.25) is 0 Å². The van der Waals surface area contributed by atoms with Crippen molar-refractivity contribution in [3.8, 4) is 0 Å². The van der Waals surface area contributed by atoms with Crippen LogP contribution in [0.4, 0.5) is 4.39 Å². The zero-order valence-corrected chi connectivity index (χ0v) is 9.51. The van der Waals surface area contributed by atoms with Crippen LogP contribution in [0, 0.1) is 5.82 Å². The summed E-state index contributed by atoms with van der Waals surface area (Å²) in [6.07, 6.45) is 0. The number of nitrogens with one attached hydrogen (secondary N) is 1. The van der Waals surface area contributed by atoms with E-state index in [0.29, 0.717) is 0 Å². The smallest absolute Gasteiger partial charge is 0.123 e. The predicted molar refractivity (Wildman–Crippen MR) is 57.6 cm³/mol. The van der Waals surface area contributed by atoms with E-state index in [1.807, 2.05) is 6.92 Å². The molecule has 0 fully saturated rings. The number of aliphatic hydroxyl groups is 1. The van der Waals surface area contributed by atoms with E-state index < -0.39 is 0 Å². The molecule has 0 aromatic heterocycles. The molecule has 0 radical (unpaired) electrons. The normalized spacial score (nSPS) is 12.9. The van der Waals surface area contributed by atoms with Gasteiger partial charge in [0.05, 0.1) is 12.6 Å². The van der Waals surface area contributed by atoms with Gasteiger partial charge < -0.3 is 10.4 Å². The topological polar surface area (TPSA) is 32.3 Å². The predicted octanol–water partition coefficient (Wildman–Crippen LogP) is 2.23. The highest BCUT2D eigenvalue weighted by Gasteiger charge is 2.12. The standard InChI is InChI=1S/C10H13BrFNO/c1-2-13-10(6-14)8-5-7(12)3-4-9(8)11/h3-5,10,13-14H,2,6H2,1H3. The van der Waals surface area contributed by atoms with E-state index in [4.69, 9.17) is 5.11 Å². The molecule has 0 aliphatic carbocycles. The molecule has 0 spiro atoms. The molecule has 1 aromatic carbocycles. The Morgan fingerprint density at radius 3 is 2.86 bits per heavy atom. The number of halogens is 2. The summed E-state index contributed by atoms with van der Waals surface area (Å²) in [5, 5.41) is 12.2.